The Morgan fingerprint density at radius 1 is 1.21 bits per heavy atom. The Balaban J connectivity index is 1.65. The number of carbonyl (C=O) groups excluding carboxylic acids is 2. The molecule has 1 aromatic heterocycles. The van der Waals surface area contributed by atoms with Crippen LogP contribution in [0.5, 0.6) is 0 Å². The van der Waals surface area contributed by atoms with E-state index < -0.39 is 0 Å². The van der Waals surface area contributed by atoms with Gasteiger partial charge in [-0.25, -0.2) is 4.79 Å². The Bertz CT molecular complexity index is 901. The summed E-state index contributed by atoms with van der Waals surface area (Å²) >= 11 is 0. The van der Waals surface area contributed by atoms with Gasteiger partial charge in [-0.15, -0.1) is 0 Å². The summed E-state index contributed by atoms with van der Waals surface area (Å²) in [5.41, 5.74) is 2.27. The van der Waals surface area contributed by atoms with E-state index in [9.17, 15) is 9.59 Å². The lowest BCUT2D eigenvalue weighted by Crippen LogP contribution is -2.49. The maximum atomic E-state index is 12.5. The molecule has 144 valence electrons. The van der Waals surface area contributed by atoms with Crippen LogP contribution in [0.15, 0.2) is 42.7 Å². The van der Waals surface area contributed by atoms with Gasteiger partial charge in [-0.3, -0.25) is 9.78 Å². The van der Waals surface area contributed by atoms with Gasteiger partial charge in [-0.05, 0) is 31.2 Å². The first-order valence-corrected chi connectivity index (χ1v) is 9.04. The fraction of sp³-hybridized carbons (Fsp3) is 0.300. The van der Waals surface area contributed by atoms with Crippen LogP contribution in [-0.4, -0.2) is 54.7 Å². The average Bonchev–Trinajstić information content (AvgIpc) is 2.74. The molecule has 2 heterocycles. The number of hydrogen-bond acceptors (Lipinski definition) is 6. The van der Waals surface area contributed by atoms with Gasteiger partial charge in [0.15, 0.2) is 0 Å². The van der Waals surface area contributed by atoms with E-state index in [1.165, 1.54) is 6.20 Å². The van der Waals surface area contributed by atoms with Crippen molar-refractivity contribution in [3.05, 3.63) is 53.9 Å². The van der Waals surface area contributed by atoms with Crippen LogP contribution in [0.4, 0.5) is 16.2 Å². The summed E-state index contributed by atoms with van der Waals surface area (Å²) in [5, 5.41) is 11.7. The van der Waals surface area contributed by atoms with E-state index in [0.29, 0.717) is 49.6 Å². The minimum atomic E-state index is -0.298. The van der Waals surface area contributed by atoms with Crippen molar-refractivity contribution in [2.45, 2.75) is 6.92 Å². The smallest absolute Gasteiger partial charge is 0.409 e. The molecule has 0 atom stereocenters. The lowest BCUT2D eigenvalue weighted by Gasteiger charge is -2.35. The number of aromatic nitrogens is 1. The van der Waals surface area contributed by atoms with Crippen LogP contribution < -0.4 is 10.2 Å². The summed E-state index contributed by atoms with van der Waals surface area (Å²) in [6.45, 7) is 4.52. The van der Waals surface area contributed by atoms with Crippen LogP contribution in [0.1, 0.15) is 22.8 Å². The van der Waals surface area contributed by atoms with Crippen molar-refractivity contribution in [3.8, 4) is 6.07 Å². The zero-order chi connectivity index (χ0) is 19.9. The van der Waals surface area contributed by atoms with Crippen molar-refractivity contribution in [2.75, 3.05) is 43.0 Å². The summed E-state index contributed by atoms with van der Waals surface area (Å²) in [6, 6.07) is 10.5. The predicted octanol–water partition coefficient (Wildman–Crippen LogP) is 2.48. The highest BCUT2D eigenvalue weighted by molar-refractivity contribution is 6.04. The van der Waals surface area contributed by atoms with E-state index in [-0.39, 0.29) is 12.0 Å². The summed E-state index contributed by atoms with van der Waals surface area (Å²) < 4.78 is 5.03. The van der Waals surface area contributed by atoms with Crippen molar-refractivity contribution in [2.24, 2.45) is 0 Å². The molecule has 2 amide bonds. The maximum Gasteiger partial charge on any atom is 0.409 e. The molecule has 1 fully saturated rings. The highest BCUT2D eigenvalue weighted by Gasteiger charge is 2.22. The van der Waals surface area contributed by atoms with Crippen molar-refractivity contribution < 1.29 is 14.3 Å². The first kappa shape index (κ1) is 19.2. The van der Waals surface area contributed by atoms with E-state index in [1.54, 1.807) is 48.4 Å². The molecule has 8 heteroatoms. The fourth-order valence-corrected chi connectivity index (χ4v) is 2.96. The van der Waals surface area contributed by atoms with Gasteiger partial charge < -0.3 is 19.9 Å². The molecule has 0 saturated carbocycles. The Labute approximate surface area is 163 Å². The van der Waals surface area contributed by atoms with Crippen LogP contribution >= 0.6 is 0 Å². The zero-order valence-corrected chi connectivity index (χ0v) is 15.6. The second kappa shape index (κ2) is 8.86. The lowest BCUT2D eigenvalue weighted by molar-refractivity contribution is 0.102. The largest absolute Gasteiger partial charge is 0.450 e. The number of anilines is 2. The van der Waals surface area contributed by atoms with E-state index in [2.05, 4.69) is 15.2 Å². The van der Waals surface area contributed by atoms with Crippen LogP contribution in [0.3, 0.4) is 0 Å². The van der Waals surface area contributed by atoms with Crippen molar-refractivity contribution >= 4 is 23.4 Å². The molecule has 2 aromatic rings. The van der Waals surface area contributed by atoms with Crippen LogP contribution in [-0.2, 0) is 4.74 Å². The van der Waals surface area contributed by atoms with Crippen LogP contribution in [0.25, 0.3) is 0 Å². The topological polar surface area (TPSA) is 98.6 Å². The Morgan fingerprint density at radius 2 is 2.00 bits per heavy atom. The van der Waals surface area contributed by atoms with Gasteiger partial charge in [0.05, 0.1) is 35.7 Å². The number of carbonyl (C=O) groups is 2. The molecule has 0 bridgehead atoms. The molecule has 1 aliphatic heterocycles. The Hall–Kier alpha value is -3.60. The van der Waals surface area contributed by atoms with Crippen molar-refractivity contribution in [1.82, 2.24) is 9.88 Å². The first-order valence-electron chi connectivity index (χ1n) is 9.04. The number of amides is 2. The zero-order valence-electron chi connectivity index (χ0n) is 15.6. The maximum absolute atomic E-state index is 12.5. The fourth-order valence-electron chi connectivity index (χ4n) is 2.96. The molecule has 1 saturated heterocycles. The third-order valence-corrected chi connectivity index (χ3v) is 4.41. The third-order valence-electron chi connectivity index (χ3n) is 4.41. The quantitative estimate of drug-likeness (QED) is 0.876. The monoisotopic (exact) mass is 379 g/mol. The van der Waals surface area contributed by atoms with Crippen molar-refractivity contribution in [1.29, 1.82) is 5.26 Å². The second-order valence-electron chi connectivity index (χ2n) is 6.25. The third kappa shape index (κ3) is 4.57. The predicted molar refractivity (Wildman–Crippen MR) is 104 cm³/mol. The summed E-state index contributed by atoms with van der Waals surface area (Å²) in [5.74, 6) is -0.297. The molecular formula is C20H21N5O3. The van der Waals surface area contributed by atoms with Gasteiger partial charge in [-0.2, -0.15) is 5.26 Å². The number of pyridine rings is 1. The molecule has 1 aromatic carbocycles. The van der Waals surface area contributed by atoms with E-state index in [1.807, 2.05) is 6.07 Å². The molecule has 0 radical (unpaired) electrons. The standard InChI is InChI=1S/C20H21N5O3/c1-2-28-20(27)25-8-6-24(7-9-25)18-11-16(13-22-14-18)19(26)23-17-5-3-4-15(10-17)12-21/h3-5,10-11,13-14H,2,6-9H2,1H3,(H,23,26). The molecule has 0 unspecified atom stereocenters. The first-order chi connectivity index (χ1) is 13.6. The van der Waals surface area contributed by atoms with Crippen LogP contribution in [0.2, 0.25) is 0 Å². The summed E-state index contributed by atoms with van der Waals surface area (Å²) in [6.07, 6.45) is 2.91. The van der Waals surface area contributed by atoms with Gasteiger partial charge >= 0.3 is 6.09 Å². The molecule has 0 aliphatic carbocycles. The SMILES string of the molecule is CCOC(=O)N1CCN(c2cncc(C(=O)Nc3cccc(C#N)c3)c2)CC1. The number of ether oxygens (including phenoxy) is 1. The normalized spacial score (nSPS) is 13.6. The molecular weight excluding hydrogens is 358 g/mol. The van der Waals surface area contributed by atoms with E-state index in [4.69, 9.17) is 10.00 Å². The summed E-state index contributed by atoms with van der Waals surface area (Å²) in [7, 11) is 0. The number of nitriles is 1. The van der Waals surface area contributed by atoms with E-state index in [0.717, 1.165) is 5.69 Å². The molecule has 28 heavy (non-hydrogen) atoms. The highest BCUT2D eigenvalue weighted by atomic mass is 16.6. The van der Waals surface area contributed by atoms with Gasteiger partial charge in [0.25, 0.3) is 5.91 Å². The number of rotatable bonds is 4. The Kier molecular flexibility index (Phi) is 6.07. The molecule has 0 spiro atoms. The summed E-state index contributed by atoms with van der Waals surface area (Å²) in [4.78, 5) is 32.3. The second-order valence-corrected chi connectivity index (χ2v) is 6.25. The molecule has 1 N–H and O–H groups in total. The number of piperazine rings is 1. The van der Waals surface area contributed by atoms with Crippen molar-refractivity contribution in [3.63, 3.8) is 0 Å². The minimum Gasteiger partial charge on any atom is -0.450 e. The van der Waals surface area contributed by atoms with Gasteiger partial charge in [0, 0.05) is 38.1 Å². The molecule has 8 nitrogen and oxygen atoms in total. The molecule has 3 rings (SSSR count). The van der Waals surface area contributed by atoms with Gasteiger partial charge in [0.1, 0.15) is 0 Å². The average molecular weight is 379 g/mol. The van der Waals surface area contributed by atoms with Crippen LogP contribution in [0, 0.1) is 11.3 Å². The van der Waals surface area contributed by atoms with Gasteiger partial charge in [-0.1, -0.05) is 6.07 Å². The molecule has 1 aliphatic rings. The van der Waals surface area contributed by atoms with E-state index >= 15 is 0 Å². The number of nitrogens with one attached hydrogen (secondary N) is 1. The number of benzene rings is 1. The lowest BCUT2D eigenvalue weighted by atomic mass is 10.2. The highest BCUT2D eigenvalue weighted by Crippen LogP contribution is 2.18. The Morgan fingerprint density at radius 3 is 2.71 bits per heavy atom. The number of nitrogens with zero attached hydrogens (tertiary/aromatic N) is 4. The van der Waals surface area contributed by atoms with Gasteiger partial charge in [0.2, 0.25) is 0 Å². The number of hydrogen-bond donors (Lipinski definition) is 1. The minimum absolute atomic E-state index is 0.297.